The Bertz CT molecular complexity index is 1380. The zero-order valence-corrected chi connectivity index (χ0v) is 19.5. The van der Waals surface area contributed by atoms with E-state index in [-0.39, 0.29) is 30.4 Å². The summed E-state index contributed by atoms with van der Waals surface area (Å²) >= 11 is 0. The van der Waals surface area contributed by atoms with Gasteiger partial charge >= 0.3 is 0 Å². The highest BCUT2D eigenvalue weighted by molar-refractivity contribution is 5.84. The monoisotopic (exact) mass is 498 g/mol. The van der Waals surface area contributed by atoms with Gasteiger partial charge in [-0.3, -0.25) is 0 Å². The van der Waals surface area contributed by atoms with E-state index in [1.165, 1.54) is 12.1 Å². The Labute approximate surface area is 205 Å². The standard InChI is InChI=1S/C30H24F6/c1-2-3-4-19-14-25(31)24(26(32)15-19)12-7-18-6-11-23-22(13-18)10-9-21(29(23)35)8-5-20-16-27(33)30(36)28(34)17-20/h2,6,9-11,13-17H,1,3-5,7-8,12H2. The Hall–Kier alpha value is -3.54. The fourth-order valence-electron chi connectivity index (χ4n) is 4.34. The summed E-state index contributed by atoms with van der Waals surface area (Å²) in [6.45, 7) is 3.62. The quantitative estimate of drug-likeness (QED) is 0.124. The average molecular weight is 499 g/mol. The van der Waals surface area contributed by atoms with Crippen LogP contribution in [0, 0.1) is 34.9 Å². The number of hydrogen-bond donors (Lipinski definition) is 0. The van der Waals surface area contributed by atoms with Crippen molar-refractivity contribution in [2.24, 2.45) is 0 Å². The van der Waals surface area contributed by atoms with Crippen LogP contribution < -0.4 is 0 Å². The lowest BCUT2D eigenvalue weighted by atomic mass is 9.96. The minimum Gasteiger partial charge on any atom is -0.207 e. The van der Waals surface area contributed by atoms with Crippen molar-refractivity contribution in [3.8, 4) is 0 Å². The molecule has 4 aromatic rings. The fourth-order valence-corrected chi connectivity index (χ4v) is 4.34. The summed E-state index contributed by atoms with van der Waals surface area (Å²) in [4.78, 5) is 0. The second kappa shape index (κ2) is 11.0. The van der Waals surface area contributed by atoms with Crippen LogP contribution in [0.5, 0.6) is 0 Å². The average Bonchev–Trinajstić information content (AvgIpc) is 2.85. The van der Waals surface area contributed by atoms with Crippen LogP contribution in [0.1, 0.15) is 34.2 Å². The number of rotatable bonds is 9. The highest BCUT2D eigenvalue weighted by atomic mass is 19.2. The molecule has 0 atom stereocenters. The molecule has 4 rings (SSSR count). The van der Waals surface area contributed by atoms with Gasteiger partial charge in [-0.2, -0.15) is 0 Å². The third kappa shape index (κ3) is 5.64. The molecule has 0 nitrogen and oxygen atoms in total. The van der Waals surface area contributed by atoms with Gasteiger partial charge in [-0.05, 0) is 90.4 Å². The van der Waals surface area contributed by atoms with Crippen molar-refractivity contribution in [1.29, 1.82) is 0 Å². The van der Waals surface area contributed by atoms with E-state index >= 15 is 4.39 Å². The predicted molar refractivity (Wildman–Crippen MR) is 130 cm³/mol. The third-order valence-corrected chi connectivity index (χ3v) is 6.33. The molecule has 0 N–H and O–H groups in total. The van der Waals surface area contributed by atoms with E-state index < -0.39 is 34.9 Å². The molecule has 36 heavy (non-hydrogen) atoms. The van der Waals surface area contributed by atoms with Crippen LogP contribution in [0.3, 0.4) is 0 Å². The molecule has 186 valence electrons. The molecule has 0 amide bonds. The van der Waals surface area contributed by atoms with E-state index in [0.717, 1.165) is 17.7 Å². The molecule has 0 aliphatic rings. The number of fused-ring (bicyclic) bond motifs is 1. The lowest BCUT2D eigenvalue weighted by molar-refractivity contribution is 0.445. The Morgan fingerprint density at radius 2 is 1.17 bits per heavy atom. The highest BCUT2D eigenvalue weighted by Crippen LogP contribution is 2.26. The maximum absolute atomic E-state index is 15.1. The first-order valence-corrected chi connectivity index (χ1v) is 11.7. The second-order valence-corrected chi connectivity index (χ2v) is 8.83. The van der Waals surface area contributed by atoms with Crippen LogP contribution >= 0.6 is 0 Å². The summed E-state index contributed by atoms with van der Waals surface area (Å²) in [6, 6.07) is 13.0. The molecule has 0 aliphatic carbocycles. The molecule has 6 heteroatoms. The van der Waals surface area contributed by atoms with E-state index in [4.69, 9.17) is 0 Å². The molecule has 0 aliphatic heterocycles. The van der Waals surface area contributed by atoms with Gasteiger partial charge in [0.05, 0.1) is 0 Å². The molecular weight excluding hydrogens is 474 g/mol. The Morgan fingerprint density at radius 1 is 0.556 bits per heavy atom. The van der Waals surface area contributed by atoms with Gasteiger partial charge < -0.3 is 0 Å². The Morgan fingerprint density at radius 3 is 1.83 bits per heavy atom. The van der Waals surface area contributed by atoms with Gasteiger partial charge in [-0.1, -0.05) is 36.4 Å². The van der Waals surface area contributed by atoms with Gasteiger partial charge in [0.2, 0.25) is 0 Å². The minimum atomic E-state index is -1.53. The van der Waals surface area contributed by atoms with Gasteiger partial charge in [-0.15, -0.1) is 6.58 Å². The van der Waals surface area contributed by atoms with Crippen molar-refractivity contribution in [1.82, 2.24) is 0 Å². The SMILES string of the molecule is C=CCCc1cc(F)c(CCc2ccc3c(F)c(CCc4cc(F)c(F)c(F)c4)ccc3c2)c(F)c1. The van der Waals surface area contributed by atoms with Gasteiger partial charge in [0.1, 0.15) is 17.5 Å². The summed E-state index contributed by atoms with van der Waals surface area (Å²) in [6.07, 6.45) is 3.71. The maximum Gasteiger partial charge on any atom is 0.194 e. The van der Waals surface area contributed by atoms with Crippen LogP contribution in [-0.4, -0.2) is 0 Å². The van der Waals surface area contributed by atoms with Gasteiger partial charge in [0, 0.05) is 10.9 Å². The molecule has 0 bridgehead atoms. The zero-order valence-electron chi connectivity index (χ0n) is 19.5. The summed E-state index contributed by atoms with van der Waals surface area (Å²) < 4.78 is 84.1. The topological polar surface area (TPSA) is 0 Å². The smallest absolute Gasteiger partial charge is 0.194 e. The summed E-state index contributed by atoms with van der Waals surface area (Å²) in [5.41, 5.74) is 2.00. The van der Waals surface area contributed by atoms with Gasteiger partial charge in [0.25, 0.3) is 0 Å². The van der Waals surface area contributed by atoms with Crippen LogP contribution in [-0.2, 0) is 32.1 Å². The molecule has 0 radical (unpaired) electrons. The van der Waals surface area contributed by atoms with Crippen molar-refractivity contribution >= 4 is 10.8 Å². The van der Waals surface area contributed by atoms with Gasteiger partial charge in [0.15, 0.2) is 17.5 Å². The first-order valence-electron chi connectivity index (χ1n) is 11.7. The van der Waals surface area contributed by atoms with E-state index in [1.807, 2.05) is 0 Å². The molecule has 0 unspecified atom stereocenters. The van der Waals surface area contributed by atoms with E-state index in [0.29, 0.717) is 41.2 Å². The first kappa shape index (κ1) is 25.5. The van der Waals surface area contributed by atoms with E-state index in [2.05, 4.69) is 6.58 Å². The van der Waals surface area contributed by atoms with Crippen LogP contribution in [0.2, 0.25) is 0 Å². The van der Waals surface area contributed by atoms with Crippen LogP contribution in [0.15, 0.2) is 67.3 Å². The molecule has 0 spiro atoms. The minimum absolute atomic E-state index is 0.0210. The van der Waals surface area contributed by atoms with Crippen LogP contribution in [0.4, 0.5) is 26.3 Å². The summed E-state index contributed by atoms with van der Waals surface area (Å²) in [5, 5.41) is 1.00. The number of aryl methyl sites for hydroxylation is 4. The van der Waals surface area contributed by atoms with Gasteiger partial charge in [-0.25, -0.2) is 26.3 Å². The van der Waals surface area contributed by atoms with Crippen molar-refractivity contribution in [3.63, 3.8) is 0 Å². The summed E-state index contributed by atoms with van der Waals surface area (Å²) in [5.74, 6) is -5.69. The predicted octanol–water partition coefficient (Wildman–Crippen LogP) is 8.36. The maximum atomic E-state index is 15.1. The highest BCUT2D eigenvalue weighted by Gasteiger charge is 2.14. The van der Waals surface area contributed by atoms with E-state index in [1.54, 1.807) is 36.4 Å². The van der Waals surface area contributed by atoms with Crippen molar-refractivity contribution < 1.29 is 26.3 Å². The van der Waals surface area contributed by atoms with Crippen molar-refractivity contribution in [2.75, 3.05) is 0 Å². The van der Waals surface area contributed by atoms with Crippen molar-refractivity contribution in [3.05, 3.63) is 130 Å². The number of halogens is 6. The largest absolute Gasteiger partial charge is 0.207 e. The zero-order chi connectivity index (χ0) is 25.8. The van der Waals surface area contributed by atoms with Crippen LogP contribution in [0.25, 0.3) is 10.8 Å². The Balaban J connectivity index is 1.47. The molecule has 0 saturated carbocycles. The second-order valence-electron chi connectivity index (χ2n) is 8.83. The molecule has 0 aromatic heterocycles. The first-order chi connectivity index (χ1) is 17.3. The van der Waals surface area contributed by atoms with Crippen molar-refractivity contribution in [2.45, 2.75) is 38.5 Å². The lowest BCUT2D eigenvalue weighted by Crippen LogP contribution is -2.02. The fraction of sp³-hybridized carbons (Fsp3) is 0.200. The molecule has 0 saturated heterocycles. The molecule has 4 aromatic carbocycles. The Kier molecular flexibility index (Phi) is 7.82. The number of benzene rings is 4. The summed E-state index contributed by atoms with van der Waals surface area (Å²) in [7, 11) is 0. The normalized spacial score (nSPS) is 11.3. The molecular formula is C30H24F6. The number of hydrogen-bond acceptors (Lipinski definition) is 0. The third-order valence-electron chi connectivity index (χ3n) is 6.33. The molecule has 0 heterocycles. The molecule has 0 fully saturated rings. The number of allylic oxidation sites excluding steroid dienone is 1. The lowest BCUT2D eigenvalue weighted by Gasteiger charge is -2.11. The van der Waals surface area contributed by atoms with E-state index in [9.17, 15) is 22.0 Å².